The number of aliphatic hydroxyl groups is 1. The van der Waals surface area contributed by atoms with Crippen LogP contribution in [-0.2, 0) is 4.74 Å². The molecule has 124 valence electrons. The summed E-state index contributed by atoms with van der Waals surface area (Å²) in [6, 6.07) is 7.60. The molecule has 0 spiro atoms. The van der Waals surface area contributed by atoms with Crippen LogP contribution in [0.4, 0.5) is 0 Å². The first-order valence-corrected chi connectivity index (χ1v) is 8.05. The molecule has 0 bridgehead atoms. The average Bonchev–Trinajstić information content (AvgIpc) is 3.06. The summed E-state index contributed by atoms with van der Waals surface area (Å²) >= 11 is 0. The first-order valence-electron chi connectivity index (χ1n) is 8.05. The maximum absolute atomic E-state index is 12.7. The minimum absolute atomic E-state index is 0.0265. The summed E-state index contributed by atoms with van der Waals surface area (Å²) in [5.41, 5.74) is 1.68. The fourth-order valence-corrected chi connectivity index (χ4v) is 2.89. The van der Waals surface area contributed by atoms with E-state index in [0.717, 1.165) is 43.8 Å². The zero-order valence-electron chi connectivity index (χ0n) is 13.2. The Morgan fingerprint density at radius 3 is 2.87 bits per heavy atom. The number of carbonyl (C=O) groups excluding carboxylic acids is 1. The van der Waals surface area contributed by atoms with E-state index < -0.39 is 0 Å². The fraction of sp³-hybridized carbons (Fsp3) is 0.471. The first kappa shape index (κ1) is 16.0. The molecule has 1 fully saturated rings. The molecule has 1 aliphatic heterocycles. The van der Waals surface area contributed by atoms with Gasteiger partial charge in [-0.05, 0) is 24.3 Å². The summed E-state index contributed by atoms with van der Waals surface area (Å²) in [7, 11) is 0. The lowest BCUT2D eigenvalue weighted by Crippen LogP contribution is -2.43. The van der Waals surface area contributed by atoms with Gasteiger partial charge < -0.3 is 19.7 Å². The third-order valence-electron chi connectivity index (χ3n) is 4.25. The molecule has 3 rings (SSSR count). The van der Waals surface area contributed by atoms with Crippen molar-refractivity contribution in [2.24, 2.45) is 0 Å². The van der Waals surface area contributed by atoms with Crippen LogP contribution < -0.4 is 0 Å². The van der Waals surface area contributed by atoms with Gasteiger partial charge in [0, 0.05) is 55.4 Å². The van der Waals surface area contributed by atoms with E-state index in [1.54, 1.807) is 4.90 Å². The van der Waals surface area contributed by atoms with Crippen LogP contribution in [0.3, 0.4) is 0 Å². The molecule has 1 aliphatic rings. The Morgan fingerprint density at radius 1 is 1.26 bits per heavy atom. The normalized spacial score (nSPS) is 15.9. The van der Waals surface area contributed by atoms with Gasteiger partial charge in [-0.3, -0.25) is 9.69 Å². The number of ether oxygens (including phenoxy) is 1. The molecule has 1 aromatic carbocycles. The smallest absolute Gasteiger partial charge is 0.253 e. The monoisotopic (exact) mass is 317 g/mol. The van der Waals surface area contributed by atoms with Crippen molar-refractivity contribution in [3.05, 3.63) is 36.0 Å². The molecule has 0 unspecified atom stereocenters. The molecule has 2 heterocycles. The third kappa shape index (κ3) is 3.90. The van der Waals surface area contributed by atoms with Gasteiger partial charge in [-0.2, -0.15) is 0 Å². The number of fused-ring (bicyclic) bond motifs is 1. The molecule has 1 aromatic heterocycles. The van der Waals surface area contributed by atoms with Gasteiger partial charge in [-0.25, -0.2) is 0 Å². The maximum atomic E-state index is 12.7. The first-order chi connectivity index (χ1) is 11.3. The number of rotatable bonds is 6. The van der Waals surface area contributed by atoms with Crippen molar-refractivity contribution in [1.82, 2.24) is 14.8 Å². The summed E-state index contributed by atoms with van der Waals surface area (Å²) in [6.45, 7) is 5.05. The number of aliphatic hydroxyl groups excluding tert-OH is 1. The summed E-state index contributed by atoms with van der Waals surface area (Å²) in [6.07, 6.45) is 1.86. The fourth-order valence-electron chi connectivity index (χ4n) is 2.89. The van der Waals surface area contributed by atoms with Crippen LogP contribution in [0.5, 0.6) is 0 Å². The second-order valence-corrected chi connectivity index (χ2v) is 5.75. The highest BCUT2D eigenvalue weighted by molar-refractivity contribution is 5.98. The number of carbonyl (C=O) groups is 1. The number of aromatic amines is 1. The van der Waals surface area contributed by atoms with Crippen LogP contribution >= 0.6 is 0 Å². The van der Waals surface area contributed by atoms with Crippen LogP contribution in [0.2, 0.25) is 0 Å². The molecule has 0 radical (unpaired) electrons. The summed E-state index contributed by atoms with van der Waals surface area (Å²) in [5.74, 6) is -0.0320. The molecule has 6 nitrogen and oxygen atoms in total. The Kier molecular flexibility index (Phi) is 5.27. The molecule has 1 saturated heterocycles. The van der Waals surface area contributed by atoms with Crippen LogP contribution in [0, 0.1) is 0 Å². The summed E-state index contributed by atoms with van der Waals surface area (Å²) in [5, 5.41) is 10.3. The maximum Gasteiger partial charge on any atom is 0.253 e. The SMILES string of the molecule is O=C(c1ccc2[nH]ccc2c1)N(CCO)CCN1CCOCC1. The lowest BCUT2D eigenvalue weighted by Gasteiger charge is -2.30. The number of H-pyrrole nitrogens is 1. The molecule has 2 aromatic rings. The van der Waals surface area contributed by atoms with Gasteiger partial charge in [0.25, 0.3) is 5.91 Å². The zero-order chi connectivity index (χ0) is 16.1. The molecule has 0 saturated carbocycles. The van der Waals surface area contributed by atoms with Gasteiger partial charge in [0.05, 0.1) is 19.8 Å². The number of aromatic nitrogens is 1. The van der Waals surface area contributed by atoms with Crippen molar-refractivity contribution in [3.8, 4) is 0 Å². The zero-order valence-corrected chi connectivity index (χ0v) is 13.2. The molecule has 0 aliphatic carbocycles. The van der Waals surface area contributed by atoms with Crippen molar-refractivity contribution in [2.75, 3.05) is 52.5 Å². The van der Waals surface area contributed by atoms with Crippen LogP contribution in [0.15, 0.2) is 30.5 Å². The Labute approximate surface area is 135 Å². The molecular formula is C17H23N3O3. The summed E-state index contributed by atoms with van der Waals surface area (Å²) < 4.78 is 5.34. The number of morpholine rings is 1. The lowest BCUT2D eigenvalue weighted by atomic mass is 10.1. The van der Waals surface area contributed by atoms with Crippen molar-refractivity contribution < 1.29 is 14.6 Å². The third-order valence-corrected chi connectivity index (χ3v) is 4.25. The Bertz CT molecular complexity index is 649. The Morgan fingerprint density at radius 2 is 2.09 bits per heavy atom. The van der Waals surface area contributed by atoms with Crippen LogP contribution in [0.1, 0.15) is 10.4 Å². The largest absolute Gasteiger partial charge is 0.395 e. The molecule has 6 heteroatoms. The van der Waals surface area contributed by atoms with E-state index in [0.29, 0.717) is 18.7 Å². The summed E-state index contributed by atoms with van der Waals surface area (Å²) in [4.78, 5) is 19.9. The molecule has 23 heavy (non-hydrogen) atoms. The number of nitrogens with one attached hydrogen (secondary N) is 1. The van der Waals surface area contributed by atoms with Crippen molar-refractivity contribution >= 4 is 16.8 Å². The molecule has 1 amide bonds. The number of nitrogens with zero attached hydrogens (tertiary/aromatic N) is 2. The van der Waals surface area contributed by atoms with Gasteiger partial charge in [-0.1, -0.05) is 0 Å². The van der Waals surface area contributed by atoms with E-state index in [2.05, 4.69) is 9.88 Å². The Hall–Kier alpha value is -1.89. The minimum Gasteiger partial charge on any atom is -0.395 e. The number of benzene rings is 1. The topological polar surface area (TPSA) is 68.8 Å². The second kappa shape index (κ2) is 7.59. The Balaban J connectivity index is 1.67. The standard InChI is InChI=1S/C17H23N3O3/c21-10-7-20(6-5-19-8-11-23-12-9-19)17(22)15-1-2-16-14(13-15)3-4-18-16/h1-4,13,18,21H,5-12H2. The van der Waals surface area contributed by atoms with Gasteiger partial charge in [0.15, 0.2) is 0 Å². The lowest BCUT2D eigenvalue weighted by molar-refractivity contribution is 0.0315. The van der Waals surface area contributed by atoms with Gasteiger partial charge in [0.2, 0.25) is 0 Å². The van der Waals surface area contributed by atoms with E-state index in [9.17, 15) is 9.90 Å². The van der Waals surface area contributed by atoms with Gasteiger partial charge in [-0.15, -0.1) is 0 Å². The number of hydrogen-bond donors (Lipinski definition) is 2. The molecule has 2 N–H and O–H groups in total. The molecular weight excluding hydrogens is 294 g/mol. The highest BCUT2D eigenvalue weighted by Gasteiger charge is 2.18. The highest BCUT2D eigenvalue weighted by atomic mass is 16.5. The van der Waals surface area contributed by atoms with Crippen molar-refractivity contribution in [2.45, 2.75) is 0 Å². The second-order valence-electron chi connectivity index (χ2n) is 5.75. The highest BCUT2D eigenvalue weighted by Crippen LogP contribution is 2.16. The van der Waals surface area contributed by atoms with Crippen molar-refractivity contribution in [3.63, 3.8) is 0 Å². The minimum atomic E-state index is -0.0320. The van der Waals surface area contributed by atoms with Gasteiger partial charge in [0.1, 0.15) is 0 Å². The van der Waals surface area contributed by atoms with E-state index in [-0.39, 0.29) is 12.5 Å². The predicted molar refractivity (Wildman–Crippen MR) is 88.5 cm³/mol. The van der Waals surface area contributed by atoms with Gasteiger partial charge >= 0.3 is 0 Å². The average molecular weight is 317 g/mol. The van der Waals surface area contributed by atoms with E-state index >= 15 is 0 Å². The van der Waals surface area contributed by atoms with Crippen molar-refractivity contribution in [1.29, 1.82) is 0 Å². The number of amides is 1. The van der Waals surface area contributed by atoms with E-state index in [1.165, 1.54) is 0 Å². The molecule has 0 atom stereocenters. The number of hydrogen-bond acceptors (Lipinski definition) is 4. The van der Waals surface area contributed by atoms with E-state index in [4.69, 9.17) is 4.74 Å². The van der Waals surface area contributed by atoms with E-state index in [1.807, 2.05) is 30.5 Å². The van der Waals surface area contributed by atoms with Crippen LogP contribution in [-0.4, -0.2) is 78.3 Å². The predicted octanol–water partition coefficient (Wildman–Crippen LogP) is 0.935. The van der Waals surface area contributed by atoms with Crippen LogP contribution in [0.25, 0.3) is 10.9 Å². The quantitative estimate of drug-likeness (QED) is 0.832.